The zero-order valence-corrected chi connectivity index (χ0v) is 21.7. The molecule has 1 heterocycles. The maximum Gasteiger partial charge on any atom is 0.282 e. The van der Waals surface area contributed by atoms with E-state index in [0.717, 1.165) is 40.9 Å². The molecule has 1 unspecified atom stereocenters. The molecule has 1 saturated heterocycles. The number of rotatable bonds is 4. The van der Waals surface area contributed by atoms with Crippen LogP contribution in [0, 0.1) is 20.8 Å². The van der Waals surface area contributed by atoms with E-state index < -0.39 is 0 Å². The summed E-state index contributed by atoms with van der Waals surface area (Å²) in [6.45, 7) is 13.8. The van der Waals surface area contributed by atoms with Crippen molar-refractivity contribution >= 4 is 11.6 Å². The second-order valence-electron chi connectivity index (χ2n) is 8.13. The summed E-state index contributed by atoms with van der Waals surface area (Å²) in [5, 5.41) is 3.18. The Bertz CT molecular complexity index is 734. The molecule has 1 amide bonds. The monoisotopic (exact) mass is 470 g/mol. The van der Waals surface area contributed by atoms with Gasteiger partial charge in [-0.2, -0.15) is 0 Å². The third-order valence-electron chi connectivity index (χ3n) is 6.21. The standard InChI is InChI=1S/C18H28N2O.C7H8.Y/c1-5-20(12-7-6-8-13-20)16(4)18(21)19-17-14(2)10-9-11-15(17)3;1-7-5-3-2-4-6-7;/h9-11,16H,5-8,12-13H2,1-4H3;2-6H,1H3;/p+1. The Morgan fingerprint density at radius 2 is 1.48 bits per heavy atom. The number of anilines is 1. The average Bonchev–Trinajstić information content (AvgIpc) is 2.71. The van der Waals surface area contributed by atoms with Gasteiger partial charge in [-0.3, -0.25) is 4.79 Å². The van der Waals surface area contributed by atoms with Crippen LogP contribution in [0.3, 0.4) is 0 Å². The zero-order valence-electron chi connectivity index (χ0n) is 18.9. The molecule has 0 spiro atoms. The van der Waals surface area contributed by atoms with E-state index in [4.69, 9.17) is 0 Å². The third kappa shape index (κ3) is 7.31. The van der Waals surface area contributed by atoms with Crippen LogP contribution in [0.25, 0.3) is 0 Å². The largest absolute Gasteiger partial charge is 0.320 e. The quantitative estimate of drug-likeness (QED) is 0.576. The van der Waals surface area contributed by atoms with E-state index >= 15 is 0 Å². The molecule has 1 atom stereocenters. The molecule has 1 radical (unpaired) electrons. The first-order valence-corrected chi connectivity index (χ1v) is 10.6. The number of quaternary nitrogens is 1. The topological polar surface area (TPSA) is 29.1 Å². The number of carbonyl (C=O) groups is 1. The molecule has 0 aromatic heterocycles. The number of piperidine rings is 1. The Balaban J connectivity index is 0.000000445. The van der Waals surface area contributed by atoms with Gasteiger partial charge >= 0.3 is 0 Å². The van der Waals surface area contributed by atoms with Gasteiger partial charge in [-0.1, -0.05) is 54.1 Å². The van der Waals surface area contributed by atoms with Gasteiger partial charge in [0.15, 0.2) is 6.04 Å². The Morgan fingerprint density at radius 1 is 0.931 bits per heavy atom. The molecule has 0 aliphatic carbocycles. The van der Waals surface area contributed by atoms with Crippen LogP contribution in [0.5, 0.6) is 0 Å². The third-order valence-corrected chi connectivity index (χ3v) is 6.21. The number of hydrogen-bond acceptors (Lipinski definition) is 1. The molecule has 3 rings (SSSR count). The second kappa shape index (κ2) is 12.6. The summed E-state index contributed by atoms with van der Waals surface area (Å²) in [5.74, 6) is 0.163. The van der Waals surface area contributed by atoms with Crippen LogP contribution in [0.2, 0.25) is 0 Å². The molecule has 1 N–H and O–H groups in total. The molecule has 1 aliphatic rings. The summed E-state index contributed by atoms with van der Waals surface area (Å²) < 4.78 is 0.941. The van der Waals surface area contributed by atoms with Crippen LogP contribution in [0.4, 0.5) is 5.69 Å². The average molecular weight is 470 g/mol. The second-order valence-corrected chi connectivity index (χ2v) is 8.13. The van der Waals surface area contributed by atoms with E-state index in [2.05, 4.69) is 64.2 Å². The van der Waals surface area contributed by atoms with E-state index in [1.165, 1.54) is 24.8 Å². The molecule has 29 heavy (non-hydrogen) atoms. The predicted molar refractivity (Wildman–Crippen MR) is 120 cm³/mol. The van der Waals surface area contributed by atoms with Crippen molar-refractivity contribution in [1.29, 1.82) is 0 Å². The van der Waals surface area contributed by atoms with Crippen LogP contribution >= 0.6 is 0 Å². The van der Waals surface area contributed by atoms with Crippen LogP contribution in [-0.4, -0.2) is 36.1 Å². The normalized spacial score (nSPS) is 15.9. The molecule has 2 aromatic carbocycles. The van der Waals surface area contributed by atoms with E-state index in [-0.39, 0.29) is 44.7 Å². The van der Waals surface area contributed by atoms with Crippen molar-refractivity contribution in [2.75, 3.05) is 25.0 Å². The predicted octanol–water partition coefficient (Wildman–Crippen LogP) is 5.64. The Morgan fingerprint density at radius 3 is 1.93 bits per heavy atom. The number of amides is 1. The molecule has 0 bridgehead atoms. The fourth-order valence-corrected chi connectivity index (χ4v) is 4.14. The van der Waals surface area contributed by atoms with Gasteiger partial charge in [0, 0.05) is 38.4 Å². The number of benzene rings is 2. The molecule has 3 nitrogen and oxygen atoms in total. The summed E-state index contributed by atoms with van der Waals surface area (Å²) in [5.41, 5.74) is 4.58. The number of carbonyl (C=O) groups excluding carboxylic acids is 1. The Hall–Kier alpha value is -1.03. The molecule has 4 heteroatoms. The fraction of sp³-hybridized carbons (Fsp3) is 0.480. The minimum atomic E-state index is 0. The van der Waals surface area contributed by atoms with Crippen molar-refractivity contribution in [2.45, 2.75) is 59.9 Å². The van der Waals surface area contributed by atoms with Crippen molar-refractivity contribution < 1.29 is 42.0 Å². The van der Waals surface area contributed by atoms with E-state index in [1.54, 1.807) is 0 Å². The van der Waals surface area contributed by atoms with E-state index in [0.29, 0.717) is 0 Å². The summed E-state index contributed by atoms with van der Waals surface area (Å²) in [7, 11) is 0. The molecule has 1 aliphatic heterocycles. The summed E-state index contributed by atoms with van der Waals surface area (Å²) in [4.78, 5) is 12.8. The van der Waals surface area contributed by atoms with Crippen LogP contribution < -0.4 is 5.32 Å². The summed E-state index contributed by atoms with van der Waals surface area (Å²) >= 11 is 0. The minimum absolute atomic E-state index is 0. The van der Waals surface area contributed by atoms with Gasteiger partial charge in [-0.25, -0.2) is 0 Å². The number of likely N-dealkylation sites (N-methyl/N-ethyl adjacent to an activating group) is 1. The van der Waals surface area contributed by atoms with Crippen molar-refractivity contribution in [1.82, 2.24) is 0 Å². The number of aryl methyl sites for hydroxylation is 3. The molecule has 155 valence electrons. The Kier molecular flexibility index (Phi) is 11.3. The van der Waals surface area contributed by atoms with Crippen LogP contribution in [0.15, 0.2) is 48.5 Å². The molecule has 2 aromatic rings. The smallest absolute Gasteiger partial charge is 0.282 e. The van der Waals surface area contributed by atoms with E-state index in [1.807, 2.05) is 24.3 Å². The van der Waals surface area contributed by atoms with Gasteiger partial charge in [0.25, 0.3) is 5.91 Å². The first kappa shape index (κ1) is 26.0. The first-order valence-electron chi connectivity index (χ1n) is 10.6. The first-order chi connectivity index (χ1) is 13.4. The maximum absolute atomic E-state index is 12.8. The number of hydrogen-bond donors (Lipinski definition) is 1. The van der Waals surface area contributed by atoms with Crippen molar-refractivity contribution in [3.8, 4) is 0 Å². The van der Waals surface area contributed by atoms with Gasteiger partial charge < -0.3 is 9.80 Å². The van der Waals surface area contributed by atoms with Gasteiger partial charge in [0.2, 0.25) is 0 Å². The van der Waals surface area contributed by atoms with Gasteiger partial charge in [-0.05, 0) is 65.0 Å². The van der Waals surface area contributed by atoms with Gasteiger partial charge in [0.05, 0.1) is 19.6 Å². The van der Waals surface area contributed by atoms with Crippen molar-refractivity contribution in [3.05, 3.63) is 65.2 Å². The molecule has 1 fully saturated rings. The molecule has 0 saturated carbocycles. The molecular formula is C25H37N2OY+. The molecular weight excluding hydrogens is 433 g/mol. The van der Waals surface area contributed by atoms with E-state index in [9.17, 15) is 4.79 Å². The fourth-order valence-electron chi connectivity index (χ4n) is 4.14. The Labute approximate surface area is 202 Å². The van der Waals surface area contributed by atoms with Crippen molar-refractivity contribution in [3.63, 3.8) is 0 Å². The number of nitrogens with one attached hydrogen (secondary N) is 1. The number of likely N-dealkylation sites (tertiary alicyclic amines) is 1. The van der Waals surface area contributed by atoms with Crippen LogP contribution in [-0.2, 0) is 37.5 Å². The van der Waals surface area contributed by atoms with Crippen molar-refractivity contribution in [2.24, 2.45) is 0 Å². The summed E-state index contributed by atoms with van der Waals surface area (Å²) in [6, 6.07) is 16.4. The SMILES string of the molecule is CC[N+]1(C(C)C(=O)Nc2c(C)cccc2C)CCCCC1.Cc1ccccc1.[Y]. The zero-order chi connectivity index (χ0) is 20.6. The van der Waals surface area contributed by atoms with Gasteiger partial charge in [-0.15, -0.1) is 0 Å². The minimum Gasteiger partial charge on any atom is -0.320 e. The summed E-state index contributed by atoms with van der Waals surface area (Å²) in [6.07, 6.45) is 3.80. The number of para-hydroxylation sites is 1. The van der Waals surface area contributed by atoms with Gasteiger partial charge in [0.1, 0.15) is 0 Å². The van der Waals surface area contributed by atoms with Crippen LogP contribution in [0.1, 0.15) is 49.8 Å². The number of nitrogens with zero attached hydrogens (tertiary/aromatic N) is 1. The maximum atomic E-state index is 12.8.